The zero-order valence-electron chi connectivity index (χ0n) is 30.1. The van der Waals surface area contributed by atoms with Gasteiger partial charge in [-0.05, 0) is 81.1 Å². The molecule has 13 heteroatoms. The molecular weight excluding hydrogens is 678 g/mol. The van der Waals surface area contributed by atoms with Crippen molar-refractivity contribution in [1.29, 1.82) is 0 Å². The number of fused-ring (bicyclic) bond motifs is 9. The van der Waals surface area contributed by atoms with Gasteiger partial charge < -0.3 is 39.4 Å². The van der Waals surface area contributed by atoms with E-state index < -0.39 is 29.9 Å². The second kappa shape index (κ2) is 16.1. The van der Waals surface area contributed by atoms with Gasteiger partial charge in [-0.25, -0.2) is 4.98 Å². The maximum absolute atomic E-state index is 14.0. The summed E-state index contributed by atoms with van der Waals surface area (Å²) in [5.41, 5.74) is 2.67. The van der Waals surface area contributed by atoms with Crippen molar-refractivity contribution in [3.8, 4) is 34.5 Å². The number of carbonyl (C=O) groups excluding carboxylic acids is 4. The lowest BCUT2D eigenvalue weighted by atomic mass is 10.1. The first kappa shape index (κ1) is 36.7. The first-order valence-electron chi connectivity index (χ1n) is 17.6. The quantitative estimate of drug-likeness (QED) is 0.247. The number of likely N-dealkylation sites (N-methyl/N-ethyl adjacent to an activating group) is 1. The smallest absolute Gasteiger partial charge is 0.246 e. The van der Waals surface area contributed by atoms with Gasteiger partial charge in [0.05, 0.1) is 19.7 Å². The summed E-state index contributed by atoms with van der Waals surface area (Å²) < 4.78 is 17.6. The van der Waals surface area contributed by atoms with E-state index in [1.54, 1.807) is 55.2 Å². The summed E-state index contributed by atoms with van der Waals surface area (Å²) in [6.45, 7) is 5.67. The highest BCUT2D eigenvalue weighted by Crippen LogP contribution is 2.39. The maximum Gasteiger partial charge on any atom is 0.246 e. The van der Waals surface area contributed by atoms with Gasteiger partial charge in [0, 0.05) is 31.1 Å². The van der Waals surface area contributed by atoms with Crippen molar-refractivity contribution in [3.05, 3.63) is 95.4 Å². The Balaban J connectivity index is 1.30. The van der Waals surface area contributed by atoms with E-state index in [2.05, 4.69) is 15.6 Å². The van der Waals surface area contributed by atoms with Gasteiger partial charge in [-0.15, -0.1) is 0 Å². The summed E-state index contributed by atoms with van der Waals surface area (Å²) in [4.78, 5) is 62.2. The number of rotatable bonds is 5. The molecule has 0 spiro atoms. The predicted molar refractivity (Wildman–Crippen MR) is 196 cm³/mol. The van der Waals surface area contributed by atoms with Crippen molar-refractivity contribution in [3.63, 3.8) is 0 Å². The van der Waals surface area contributed by atoms with Crippen LogP contribution in [0.15, 0.2) is 77.2 Å². The summed E-state index contributed by atoms with van der Waals surface area (Å²) in [6, 6.07) is 17.1. The Bertz CT molecular complexity index is 2030. The lowest BCUT2D eigenvalue weighted by molar-refractivity contribution is -0.141. The summed E-state index contributed by atoms with van der Waals surface area (Å²) in [7, 11) is 1.49. The number of phenols is 1. The number of hydrogen-bond acceptors (Lipinski definition) is 9. The number of oxazole rings is 1. The van der Waals surface area contributed by atoms with E-state index in [-0.39, 0.29) is 49.2 Å². The van der Waals surface area contributed by atoms with Gasteiger partial charge in [0.15, 0.2) is 23.0 Å². The molecule has 7 rings (SSSR count). The van der Waals surface area contributed by atoms with Gasteiger partial charge in [0.1, 0.15) is 23.5 Å². The molecule has 4 amide bonds. The van der Waals surface area contributed by atoms with Crippen LogP contribution >= 0.6 is 0 Å². The molecular formula is C40H43N5O8. The van der Waals surface area contributed by atoms with E-state index in [1.807, 2.05) is 37.3 Å². The largest absolute Gasteiger partial charge is 0.504 e. The van der Waals surface area contributed by atoms with Crippen LogP contribution in [0.4, 0.5) is 0 Å². The highest BCUT2D eigenvalue weighted by molar-refractivity contribution is 5.94. The molecule has 0 unspecified atom stereocenters. The predicted octanol–water partition coefficient (Wildman–Crippen LogP) is 4.76. The molecule has 4 aromatic rings. The lowest BCUT2D eigenvalue weighted by Gasteiger charge is -2.28. The van der Waals surface area contributed by atoms with Gasteiger partial charge in [0.2, 0.25) is 29.5 Å². The Morgan fingerprint density at radius 1 is 1.08 bits per heavy atom. The van der Waals surface area contributed by atoms with Crippen LogP contribution in [0.2, 0.25) is 0 Å². The Morgan fingerprint density at radius 3 is 2.62 bits per heavy atom. The summed E-state index contributed by atoms with van der Waals surface area (Å²) in [5.74, 6) is 0.100. The number of hydrogen-bond donors (Lipinski definition) is 3. The van der Waals surface area contributed by atoms with Crippen molar-refractivity contribution in [2.24, 2.45) is 0 Å². The molecule has 3 aliphatic heterocycles. The molecule has 1 saturated heterocycles. The highest BCUT2D eigenvalue weighted by Gasteiger charge is 2.43. The Labute approximate surface area is 307 Å². The second-order valence-electron chi connectivity index (χ2n) is 13.1. The van der Waals surface area contributed by atoms with Crippen LogP contribution in [-0.2, 0) is 32.1 Å². The molecule has 0 saturated carbocycles. The molecule has 276 valence electrons. The summed E-state index contributed by atoms with van der Waals surface area (Å²) >= 11 is 0. The fourth-order valence-corrected chi connectivity index (χ4v) is 6.64. The van der Waals surface area contributed by atoms with Crippen molar-refractivity contribution < 1.29 is 38.2 Å². The second-order valence-corrected chi connectivity index (χ2v) is 13.1. The minimum absolute atomic E-state index is 0.0217. The van der Waals surface area contributed by atoms with Crippen LogP contribution in [-0.4, -0.2) is 81.8 Å². The molecule has 1 aromatic heterocycles. The number of nitrogens with one attached hydrogen (secondary N) is 2. The van der Waals surface area contributed by atoms with E-state index in [9.17, 15) is 24.3 Å². The van der Waals surface area contributed by atoms with Crippen LogP contribution in [0, 0.1) is 6.92 Å². The number of ether oxygens (including phenoxy) is 2. The summed E-state index contributed by atoms with van der Waals surface area (Å²) in [6.07, 6.45) is 3.79. The average molecular weight is 722 g/mol. The minimum Gasteiger partial charge on any atom is -0.504 e. The number of aryl methyl sites for hydroxylation is 2. The number of methoxy groups -OCH3 is 1. The number of amides is 4. The number of aromatic nitrogens is 1. The molecule has 3 aromatic carbocycles. The third-order valence-corrected chi connectivity index (χ3v) is 9.51. The molecule has 13 nitrogen and oxygen atoms in total. The molecule has 4 heterocycles. The van der Waals surface area contributed by atoms with E-state index in [0.29, 0.717) is 47.4 Å². The van der Waals surface area contributed by atoms with Crippen molar-refractivity contribution in [1.82, 2.24) is 25.4 Å². The molecule has 53 heavy (non-hydrogen) atoms. The topological polar surface area (TPSA) is 164 Å². The van der Waals surface area contributed by atoms with Crippen LogP contribution in [0.1, 0.15) is 49.3 Å². The fourth-order valence-electron chi connectivity index (χ4n) is 6.64. The molecule has 0 radical (unpaired) electrons. The fraction of sp³-hybridized carbons (Fsp3) is 0.325. The third-order valence-electron chi connectivity index (χ3n) is 9.51. The molecule has 1 fully saturated rings. The minimum atomic E-state index is -0.952. The van der Waals surface area contributed by atoms with Crippen LogP contribution in [0.5, 0.6) is 23.0 Å². The number of phenolic OH excluding ortho intramolecular Hbond substituents is 1. The monoisotopic (exact) mass is 721 g/mol. The molecule has 0 aliphatic carbocycles. The van der Waals surface area contributed by atoms with E-state index in [0.717, 1.165) is 11.1 Å². The van der Waals surface area contributed by atoms with E-state index in [1.165, 1.54) is 24.2 Å². The standard InChI is InChI=1S/C40H43N5O8/c1-5-44(37(48)18-13-26-9-7-6-8-10-26)29-21-31-38(49)41-22-30-25(3)52-39(43-30)28-14-16-33(35(20-28)51-4)53-34-19-27(11-15-32(34)46)12-17-36(47)42-24(2)40(50)45(31)23-29/h6-11,13-16,18-20,24,29,31,46H,5,12,17,21-23H2,1-4H3,(H,41,49)(H,42,47)/t24-,29+,31+/m1/s1. The van der Waals surface area contributed by atoms with Gasteiger partial charge in [-0.2, -0.15) is 0 Å². The van der Waals surface area contributed by atoms with Gasteiger partial charge >= 0.3 is 0 Å². The van der Waals surface area contributed by atoms with Crippen molar-refractivity contribution >= 4 is 29.7 Å². The van der Waals surface area contributed by atoms with Crippen LogP contribution < -0.4 is 20.1 Å². The molecule has 3 atom stereocenters. The Morgan fingerprint density at radius 2 is 1.87 bits per heavy atom. The Kier molecular flexibility index (Phi) is 11.1. The van der Waals surface area contributed by atoms with E-state index >= 15 is 0 Å². The van der Waals surface area contributed by atoms with Crippen molar-refractivity contribution in [2.75, 3.05) is 20.2 Å². The maximum atomic E-state index is 14.0. The number of benzene rings is 3. The normalized spacial score (nSPS) is 19.4. The van der Waals surface area contributed by atoms with Gasteiger partial charge in [-0.3, -0.25) is 19.2 Å². The van der Waals surface area contributed by atoms with Gasteiger partial charge in [-0.1, -0.05) is 36.4 Å². The highest BCUT2D eigenvalue weighted by atomic mass is 16.5. The van der Waals surface area contributed by atoms with E-state index in [4.69, 9.17) is 13.9 Å². The zero-order chi connectivity index (χ0) is 37.6. The van der Waals surface area contributed by atoms with Crippen LogP contribution in [0.3, 0.4) is 0 Å². The first-order valence-corrected chi connectivity index (χ1v) is 17.6. The Hall–Kier alpha value is -6.11. The summed E-state index contributed by atoms with van der Waals surface area (Å²) in [5, 5.41) is 16.3. The zero-order valence-corrected chi connectivity index (χ0v) is 30.1. The first-order chi connectivity index (χ1) is 25.5. The SMILES string of the molecule is CCN(C(=O)C=Cc1ccccc1)[C@H]1C[C@H]2C(=O)NCc3nc(oc3C)-c3ccc(c(OC)c3)Oc3cc(ccc3O)CCC(=O)N[C@H](C)C(=O)N2C1. The number of nitrogens with zero attached hydrogens (tertiary/aromatic N) is 3. The number of aromatic hydroxyl groups is 1. The number of carbonyl (C=O) groups is 4. The van der Waals surface area contributed by atoms with Crippen LogP contribution in [0.25, 0.3) is 17.5 Å². The van der Waals surface area contributed by atoms with Crippen molar-refractivity contribution in [2.45, 2.75) is 64.7 Å². The molecule has 3 N–H and O–H groups in total. The third kappa shape index (κ3) is 8.35. The molecule has 3 aliphatic rings. The average Bonchev–Trinajstić information content (AvgIpc) is 3.77. The van der Waals surface area contributed by atoms with Gasteiger partial charge in [0.25, 0.3) is 0 Å². The molecule has 6 bridgehead atoms. The lowest BCUT2D eigenvalue weighted by Crippen LogP contribution is -2.52.